The van der Waals surface area contributed by atoms with Crippen molar-refractivity contribution < 1.29 is 41.5 Å². The Morgan fingerprint density at radius 3 is 0.538 bits per heavy atom. The van der Waals surface area contributed by atoms with Crippen LogP contribution in [0.2, 0.25) is 0 Å². The smallest absolute Gasteiger partial charge is 0.0402 e. The maximum atomic E-state index is 7.57. The SMILES string of the molecule is CCO.CCO.CCO.CCO.[Mo]. The van der Waals surface area contributed by atoms with Gasteiger partial charge in [-0.3, -0.25) is 0 Å². The van der Waals surface area contributed by atoms with E-state index in [1.54, 1.807) is 27.7 Å². The van der Waals surface area contributed by atoms with E-state index in [-0.39, 0.29) is 47.5 Å². The van der Waals surface area contributed by atoms with Gasteiger partial charge in [-0.1, -0.05) is 0 Å². The van der Waals surface area contributed by atoms with Crippen molar-refractivity contribution in [2.45, 2.75) is 27.7 Å². The van der Waals surface area contributed by atoms with Crippen LogP contribution in [0.4, 0.5) is 0 Å². The van der Waals surface area contributed by atoms with Gasteiger partial charge in [0.1, 0.15) is 0 Å². The standard InChI is InChI=1S/4C2H6O.Mo/c4*1-2-3;/h4*3H,2H2,1H3;. The Labute approximate surface area is 95.9 Å². The van der Waals surface area contributed by atoms with Gasteiger partial charge in [0.25, 0.3) is 0 Å². The molecule has 0 aromatic heterocycles. The molecule has 86 valence electrons. The predicted molar refractivity (Wildman–Crippen MR) is 51.0 cm³/mol. The van der Waals surface area contributed by atoms with Crippen molar-refractivity contribution in [2.75, 3.05) is 26.4 Å². The van der Waals surface area contributed by atoms with Crippen LogP contribution in [-0.4, -0.2) is 46.9 Å². The molecule has 0 atom stereocenters. The molecule has 0 aliphatic heterocycles. The molecule has 0 saturated carbocycles. The van der Waals surface area contributed by atoms with Crippen LogP contribution in [0, 0.1) is 0 Å². The number of aliphatic hydroxyl groups excluding tert-OH is 4. The van der Waals surface area contributed by atoms with Gasteiger partial charge in [0.05, 0.1) is 0 Å². The van der Waals surface area contributed by atoms with Crippen molar-refractivity contribution in [3.63, 3.8) is 0 Å². The average Bonchev–Trinajstić information content (AvgIpc) is 1.92. The van der Waals surface area contributed by atoms with Crippen LogP contribution < -0.4 is 0 Å². The molecular formula is C8H24MoO4. The molecule has 0 aliphatic rings. The van der Waals surface area contributed by atoms with E-state index < -0.39 is 0 Å². The second kappa shape index (κ2) is 81.2. The van der Waals surface area contributed by atoms with E-state index in [1.165, 1.54) is 0 Å². The van der Waals surface area contributed by atoms with E-state index in [4.69, 9.17) is 20.4 Å². The fourth-order valence-corrected chi connectivity index (χ4v) is 0. The first-order valence-corrected chi connectivity index (χ1v) is 4.09. The molecule has 13 heavy (non-hydrogen) atoms. The van der Waals surface area contributed by atoms with Gasteiger partial charge in [-0.25, -0.2) is 0 Å². The minimum atomic E-state index is 0. The molecule has 0 unspecified atom stereocenters. The van der Waals surface area contributed by atoms with Crippen molar-refractivity contribution in [3.05, 3.63) is 0 Å². The maximum absolute atomic E-state index is 7.57. The van der Waals surface area contributed by atoms with Crippen molar-refractivity contribution in [3.8, 4) is 0 Å². The summed E-state index contributed by atoms with van der Waals surface area (Å²) in [6.07, 6.45) is 0. The first-order valence-electron chi connectivity index (χ1n) is 4.09. The van der Waals surface area contributed by atoms with Gasteiger partial charge < -0.3 is 20.4 Å². The number of rotatable bonds is 0. The first kappa shape index (κ1) is 29.2. The van der Waals surface area contributed by atoms with Gasteiger partial charge in [-0.2, -0.15) is 0 Å². The third kappa shape index (κ3) is 4980. The Morgan fingerprint density at radius 1 is 0.538 bits per heavy atom. The summed E-state index contributed by atoms with van der Waals surface area (Å²) in [5, 5.41) is 30.3. The summed E-state index contributed by atoms with van der Waals surface area (Å²) >= 11 is 0. The monoisotopic (exact) mass is 282 g/mol. The van der Waals surface area contributed by atoms with Crippen LogP contribution in [0.1, 0.15) is 27.7 Å². The molecule has 0 spiro atoms. The second-order valence-corrected chi connectivity index (χ2v) is 1.26. The summed E-state index contributed by atoms with van der Waals surface area (Å²) in [6.45, 7) is 7.72. The zero-order valence-electron chi connectivity index (χ0n) is 9.03. The summed E-state index contributed by atoms with van der Waals surface area (Å²) in [7, 11) is 0. The molecule has 4 N–H and O–H groups in total. The average molecular weight is 280 g/mol. The molecular weight excluding hydrogens is 256 g/mol. The van der Waals surface area contributed by atoms with Crippen LogP contribution >= 0.6 is 0 Å². The van der Waals surface area contributed by atoms with Crippen LogP contribution in [0.5, 0.6) is 0 Å². The van der Waals surface area contributed by atoms with E-state index >= 15 is 0 Å². The molecule has 4 nitrogen and oxygen atoms in total. The van der Waals surface area contributed by atoms with Gasteiger partial charge >= 0.3 is 0 Å². The van der Waals surface area contributed by atoms with Gasteiger partial charge in [0.2, 0.25) is 0 Å². The molecule has 0 radical (unpaired) electrons. The molecule has 0 aromatic carbocycles. The third-order valence-electron chi connectivity index (χ3n) is 0. The first-order chi connectivity index (χ1) is 5.66. The molecule has 0 heterocycles. The van der Waals surface area contributed by atoms with Crippen molar-refractivity contribution in [1.82, 2.24) is 0 Å². The van der Waals surface area contributed by atoms with Gasteiger partial charge in [0, 0.05) is 47.5 Å². The van der Waals surface area contributed by atoms with Crippen LogP contribution in [0.15, 0.2) is 0 Å². The van der Waals surface area contributed by atoms with Crippen LogP contribution in [-0.2, 0) is 21.1 Å². The molecule has 0 rings (SSSR count). The minimum Gasteiger partial charge on any atom is -0.397 e. The summed E-state index contributed by atoms with van der Waals surface area (Å²) in [6, 6.07) is 0. The fourth-order valence-electron chi connectivity index (χ4n) is 0. The molecule has 0 amide bonds. The molecule has 5 heteroatoms. The molecule has 0 aromatic rings. The number of aliphatic hydroxyl groups is 4. The van der Waals surface area contributed by atoms with E-state index in [9.17, 15) is 0 Å². The fraction of sp³-hybridized carbons (Fsp3) is 1.00. The Balaban J connectivity index is -0.0000000213. The molecule has 0 aliphatic carbocycles. The topological polar surface area (TPSA) is 80.9 Å². The minimum absolute atomic E-state index is 0. The molecule has 0 fully saturated rings. The zero-order chi connectivity index (χ0) is 10.8. The van der Waals surface area contributed by atoms with E-state index in [1.807, 2.05) is 0 Å². The predicted octanol–water partition coefficient (Wildman–Crippen LogP) is -0.00810. The van der Waals surface area contributed by atoms with Crippen molar-refractivity contribution >= 4 is 0 Å². The Kier molecular flexibility index (Phi) is 182. The largest absolute Gasteiger partial charge is 0.397 e. The second-order valence-electron chi connectivity index (χ2n) is 1.26. The van der Waals surface area contributed by atoms with E-state index in [0.29, 0.717) is 0 Å². The van der Waals surface area contributed by atoms with Crippen LogP contribution in [0.25, 0.3) is 0 Å². The normalized spacial score (nSPS) is 5.54. The maximum Gasteiger partial charge on any atom is 0.0402 e. The van der Waals surface area contributed by atoms with Gasteiger partial charge in [0.15, 0.2) is 0 Å². The third-order valence-corrected chi connectivity index (χ3v) is 0. The van der Waals surface area contributed by atoms with Crippen LogP contribution in [0.3, 0.4) is 0 Å². The Hall–Kier alpha value is 0.528. The zero-order valence-corrected chi connectivity index (χ0v) is 11.0. The molecule has 0 saturated heterocycles. The summed E-state index contributed by atoms with van der Waals surface area (Å²) in [4.78, 5) is 0. The molecule has 0 bridgehead atoms. The van der Waals surface area contributed by atoms with E-state index in [2.05, 4.69) is 0 Å². The van der Waals surface area contributed by atoms with Crippen molar-refractivity contribution in [1.29, 1.82) is 0 Å². The van der Waals surface area contributed by atoms with E-state index in [0.717, 1.165) is 0 Å². The van der Waals surface area contributed by atoms with Crippen molar-refractivity contribution in [2.24, 2.45) is 0 Å². The Morgan fingerprint density at radius 2 is 0.538 bits per heavy atom. The summed E-state index contributed by atoms with van der Waals surface area (Å²) < 4.78 is 0. The summed E-state index contributed by atoms with van der Waals surface area (Å²) in [5.74, 6) is 0. The number of hydrogen-bond donors (Lipinski definition) is 4. The Bertz CT molecular complexity index is 24.1. The van der Waals surface area contributed by atoms with Gasteiger partial charge in [-0.15, -0.1) is 0 Å². The quantitative estimate of drug-likeness (QED) is 0.471. The summed E-state index contributed by atoms with van der Waals surface area (Å²) in [5.41, 5.74) is 0. The number of hydrogen-bond acceptors (Lipinski definition) is 4. The van der Waals surface area contributed by atoms with Gasteiger partial charge in [-0.05, 0) is 27.7 Å².